The third-order valence-electron chi connectivity index (χ3n) is 4.65. The standard InChI is InChI=1S/C23H29N5/c1-18(2)9-15-25-21-17-22(27-23(26-21)20-7-5-4-6-8-20)28(3)16-12-19-10-13-24-14-11-19/h4-8,10-11,13-14,17-18H,9,12,15-16H2,1-3H3,(H,25,26,27). The van der Waals surface area contributed by atoms with Crippen molar-refractivity contribution in [2.75, 3.05) is 30.4 Å². The molecule has 0 radical (unpaired) electrons. The summed E-state index contributed by atoms with van der Waals surface area (Å²) in [6, 6.07) is 16.3. The van der Waals surface area contributed by atoms with Crippen LogP contribution >= 0.6 is 0 Å². The Bertz CT molecular complexity index is 849. The summed E-state index contributed by atoms with van der Waals surface area (Å²) in [5, 5.41) is 3.47. The fourth-order valence-corrected chi connectivity index (χ4v) is 2.89. The van der Waals surface area contributed by atoms with Gasteiger partial charge in [-0.25, -0.2) is 9.97 Å². The Hall–Kier alpha value is -2.95. The predicted molar refractivity (Wildman–Crippen MR) is 117 cm³/mol. The number of likely N-dealkylation sites (N-methyl/N-ethyl adjacent to an activating group) is 1. The maximum Gasteiger partial charge on any atom is 0.163 e. The Balaban J connectivity index is 1.79. The van der Waals surface area contributed by atoms with Gasteiger partial charge in [0.05, 0.1) is 0 Å². The quantitative estimate of drug-likeness (QED) is 0.589. The highest BCUT2D eigenvalue weighted by Crippen LogP contribution is 2.22. The van der Waals surface area contributed by atoms with Crippen LogP contribution in [-0.2, 0) is 6.42 Å². The Morgan fingerprint density at radius 3 is 2.46 bits per heavy atom. The first kappa shape index (κ1) is 19.8. The molecule has 0 aliphatic rings. The Morgan fingerprint density at radius 1 is 1.00 bits per heavy atom. The zero-order chi connectivity index (χ0) is 19.8. The normalized spacial score (nSPS) is 10.9. The summed E-state index contributed by atoms with van der Waals surface area (Å²) >= 11 is 0. The molecule has 2 aromatic heterocycles. The maximum absolute atomic E-state index is 4.82. The van der Waals surface area contributed by atoms with Crippen LogP contribution in [0.25, 0.3) is 11.4 Å². The molecule has 0 aliphatic carbocycles. The van der Waals surface area contributed by atoms with Crippen LogP contribution in [-0.4, -0.2) is 35.1 Å². The van der Waals surface area contributed by atoms with Crippen LogP contribution in [0.2, 0.25) is 0 Å². The maximum atomic E-state index is 4.82. The van der Waals surface area contributed by atoms with E-state index in [9.17, 15) is 0 Å². The molecule has 5 nitrogen and oxygen atoms in total. The molecule has 0 bridgehead atoms. The predicted octanol–water partition coefficient (Wildman–Crippen LogP) is 4.68. The van der Waals surface area contributed by atoms with E-state index in [1.807, 2.05) is 48.8 Å². The van der Waals surface area contributed by atoms with Crippen molar-refractivity contribution in [1.29, 1.82) is 0 Å². The average molecular weight is 376 g/mol. The van der Waals surface area contributed by atoms with E-state index in [0.29, 0.717) is 5.92 Å². The Labute approximate surface area is 167 Å². The molecule has 0 aliphatic heterocycles. The van der Waals surface area contributed by atoms with Crippen LogP contribution in [0.4, 0.5) is 11.6 Å². The molecule has 0 saturated carbocycles. The van der Waals surface area contributed by atoms with Crippen LogP contribution in [0.15, 0.2) is 60.9 Å². The second kappa shape index (κ2) is 9.83. The number of hydrogen-bond acceptors (Lipinski definition) is 5. The molecule has 28 heavy (non-hydrogen) atoms. The van der Waals surface area contributed by atoms with E-state index in [4.69, 9.17) is 9.97 Å². The SMILES string of the molecule is CC(C)CCNc1cc(N(C)CCc2ccncc2)nc(-c2ccccc2)n1. The fraction of sp³-hybridized carbons (Fsp3) is 0.348. The molecule has 3 aromatic rings. The lowest BCUT2D eigenvalue weighted by molar-refractivity contribution is 0.606. The first-order chi connectivity index (χ1) is 13.6. The van der Waals surface area contributed by atoms with E-state index >= 15 is 0 Å². The Morgan fingerprint density at radius 2 is 1.75 bits per heavy atom. The van der Waals surface area contributed by atoms with Crippen molar-refractivity contribution in [2.45, 2.75) is 26.7 Å². The second-order valence-corrected chi connectivity index (χ2v) is 7.44. The molecule has 3 rings (SSSR count). The Kier molecular flexibility index (Phi) is 6.95. The van der Waals surface area contributed by atoms with Gasteiger partial charge in [0, 0.05) is 44.2 Å². The number of rotatable bonds is 9. The number of pyridine rings is 1. The van der Waals surface area contributed by atoms with Crippen molar-refractivity contribution in [2.24, 2.45) is 5.92 Å². The largest absolute Gasteiger partial charge is 0.370 e. The molecule has 5 heteroatoms. The highest BCUT2D eigenvalue weighted by atomic mass is 15.2. The number of benzene rings is 1. The van der Waals surface area contributed by atoms with Gasteiger partial charge in [0.1, 0.15) is 11.6 Å². The van der Waals surface area contributed by atoms with E-state index in [-0.39, 0.29) is 0 Å². The number of aromatic nitrogens is 3. The van der Waals surface area contributed by atoms with Crippen LogP contribution < -0.4 is 10.2 Å². The topological polar surface area (TPSA) is 53.9 Å². The molecule has 146 valence electrons. The monoisotopic (exact) mass is 375 g/mol. The number of nitrogens with zero attached hydrogens (tertiary/aromatic N) is 4. The highest BCUT2D eigenvalue weighted by Gasteiger charge is 2.10. The zero-order valence-corrected chi connectivity index (χ0v) is 17.0. The summed E-state index contributed by atoms with van der Waals surface area (Å²) in [5.41, 5.74) is 2.30. The van der Waals surface area contributed by atoms with Crippen LogP contribution in [0.3, 0.4) is 0 Å². The van der Waals surface area contributed by atoms with Crippen molar-refractivity contribution >= 4 is 11.6 Å². The summed E-state index contributed by atoms with van der Waals surface area (Å²) in [4.78, 5) is 15.8. The summed E-state index contributed by atoms with van der Waals surface area (Å²) in [6.45, 7) is 6.24. The molecule has 0 unspecified atom stereocenters. The van der Waals surface area contributed by atoms with Gasteiger partial charge in [-0.15, -0.1) is 0 Å². The number of anilines is 2. The number of nitrogens with one attached hydrogen (secondary N) is 1. The van der Waals surface area contributed by atoms with Gasteiger partial charge >= 0.3 is 0 Å². The lowest BCUT2D eigenvalue weighted by Crippen LogP contribution is -2.22. The van der Waals surface area contributed by atoms with Gasteiger partial charge in [-0.2, -0.15) is 0 Å². The van der Waals surface area contributed by atoms with E-state index in [1.54, 1.807) is 0 Å². The minimum Gasteiger partial charge on any atom is -0.370 e. The summed E-state index contributed by atoms with van der Waals surface area (Å²) in [7, 11) is 2.08. The molecule has 1 aromatic carbocycles. The van der Waals surface area contributed by atoms with Gasteiger partial charge < -0.3 is 10.2 Å². The van der Waals surface area contributed by atoms with Gasteiger partial charge in [-0.1, -0.05) is 44.2 Å². The van der Waals surface area contributed by atoms with Crippen LogP contribution in [0.5, 0.6) is 0 Å². The van der Waals surface area contributed by atoms with Crippen molar-refractivity contribution in [3.8, 4) is 11.4 Å². The van der Waals surface area contributed by atoms with Crippen molar-refractivity contribution < 1.29 is 0 Å². The highest BCUT2D eigenvalue weighted by molar-refractivity contribution is 5.61. The summed E-state index contributed by atoms with van der Waals surface area (Å²) in [5.74, 6) is 3.21. The first-order valence-corrected chi connectivity index (χ1v) is 9.90. The smallest absolute Gasteiger partial charge is 0.163 e. The molecular weight excluding hydrogens is 346 g/mol. The lowest BCUT2D eigenvalue weighted by atomic mass is 10.1. The molecular formula is C23H29N5. The summed E-state index contributed by atoms with van der Waals surface area (Å²) < 4.78 is 0. The van der Waals surface area contributed by atoms with Crippen molar-refractivity contribution in [3.05, 3.63) is 66.5 Å². The average Bonchev–Trinajstić information content (AvgIpc) is 2.73. The van der Waals surface area contributed by atoms with Crippen molar-refractivity contribution in [1.82, 2.24) is 15.0 Å². The molecule has 0 fully saturated rings. The summed E-state index contributed by atoms with van der Waals surface area (Å²) in [6.07, 6.45) is 5.73. The van der Waals surface area contributed by atoms with Gasteiger partial charge in [0.15, 0.2) is 5.82 Å². The minimum atomic E-state index is 0.658. The second-order valence-electron chi connectivity index (χ2n) is 7.44. The number of hydrogen-bond donors (Lipinski definition) is 1. The lowest BCUT2D eigenvalue weighted by Gasteiger charge is -2.20. The van der Waals surface area contributed by atoms with Gasteiger partial charge in [0.2, 0.25) is 0 Å². The molecule has 0 spiro atoms. The molecule has 0 atom stereocenters. The molecule has 0 amide bonds. The van der Waals surface area contributed by atoms with E-state index in [1.165, 1.54) is 5.56 Å². The molecule has 0 saturated heterocycles. The first-order valence-electron chi connectivity index (χ1n) is 9.90. The van der Waals surface area contributed by atoms with E-state index in [0.717, 1.165) is 49.0 Å². The third-order valence-corrected chi connectivity index (χ3v) is 4.65. The van der Waals surface area contributed by atoms with Gasteiger partial charge in [0.25, 0.3) is 0 Å². The van der Waals surface area contributed by atoms with E-state index in [2.05, 4.69) is 48.2 Å². The van der Waals surface area contributed by atoms with Crippen LogP contribution in [0, 0.1) is 5.92 Å². The van der Waals surface area contributed by atoms with Crippen LogP contribution in [0.1, 0.15) is 25.8 Å². The molecule has 2 heterocycles. The molecule has 1 N–H and O–H groups in total. The minimum absolute atomic E-state index is 0.658. The third kappa shape index (κ3) is 5.78. The van der Waals surface area contributed by atoms with Gasteiger partial charge in [-0.3, -0.25) is 4.98 Å². The van der Waals surface area contributed by atoms with Gasteiger partial charge in [-0.05, 0) is 36.5 Å². The van der Waals surface area contributed by atoms with E-state index < -0.39 is 0 Å². The fourth-order valence-electron chi connectivity index (χ4n) is 2.89. The zero-order valence-electron chi connectivity index (χ0n) is 17.0. The van der Waals surface area contributed by atoms with Crippen molar-refractivity contribution in [3.63, 3.8) is 0 Å².